The number of carbonyl (C=O) groups excluding carboxylic acids is 1. The summed E-state index contributed by atoms with van der Waals surface area (Å²) in [5.74, 6) is -1.10. The van der Waals surface area contributed by atoms with E-state index in [1.54, 1.807) is 50.4 Å². The molecule has 0 radical (unpaired) electrons. The first-order chi connectivity index (χ1) is 11.0. The van der Waals surface area contributed by atoms with E-state index in [1.807, 2.05) is 0 Å². The van der Waals surface area contributed by atoms with Crippen LogP contribution in [0.5, 0.6) is 0 Å². The fourth-order valence-corrected chi connectivity index (χ4v) is 2.29. The van der Waals surface area contributed by atoms with E-state index >= 15 is 0 Å². The van der Waals surface area contributed by atoms with Crippen LogP contribution in [-0.2, 0) is 7.05 Å². The summed E-state index contributed by atoms with van der Waals surface area (Å²) in [6.45, 7) is 1.63. The fraction of sp³-hybridized carbons (Fsp3) is 0.118. The standard InChI is InChI=1S/C17H14FN3O2/c1-10-7-8-11(9-12(10)18)19-16(22)15-17(23)21(2)14-6-4-3-5-13(14)20-15/h3-9H,1-2H3,(H,19,22). The van der Waals surface area contributed by atoms with E-state index in [-0.39, 0.29) is 11.4 Å². The molecule has 6 heteroatoms. The van der Waals surface area contributed by atoms with E-state index in [9.17, 15) is 14.0 Å². The smallest absolute Gasteiger partial charge is 0.282 e. The van der Waals surface area contributed by atoms with Gasteiger partial charge in [0, 0.05) is 12.7 Å². The molecule has 0 atom stereocenters. The Morgan fingerprint density at radius 1 is 1.22 bits per heavy atom. The van der Waals surface area contributed by atoms with Gasteiger partial charge in [-0.05, 0) is 36.8 Å². The third kappa shape index (κ3) is 2.70. The number of hydrogen-bond acceptors (Lipinski definition) is 3. The molecule has 0 saturated heterocycles. The molecule has 0 saturated carbocycles. The highest BCUT2D eigenvalue weighted by atomic mass is 19.1. The van der Waals surface area contributed by atoms with Crippen LogP contribution in [0.4, 0.5) is 10.1 Å². The van der Waals surface area contributed by atoms with Crippen molar-refractivity contribution < 1.29 is 9.18 Å². The molecule has 23 heavy (non-hydrogen) atoms. The van der Waals surface area contributed by atoms with Crippen LogP contribution in [0, 0.1) is 12.7 Å². The summed E-state index contributed by atoms with van der Waals surface area (Å²) in [7, 11) is 1.58. The van der Waals surface area contributed by atoms with E-state index in [1.165, 1.54) is 10.6 Å². The van der Waals surface area contributed by atoms with E-state index in [0.717, 1.165) is 0 Å². The molecule has 0 aliphatic rings. The lowest BCUT2D eigenvalue weighted by Gasteiger charge is -2.09. The van der Waals surface area contributed by atoms with Crippen LogP contribution < -0.4 is 10.9 Å². The summed E-state index contributed by atoms with van der Waals surface area (Å²) in [6.07, 6.45) is 0. The van der Waals surface area contributed by atoms with E-state index in [2.05, 4.69) is 10.3 Å². The van der Waals surface area contributed by atoms with E-state index in [0.29, 0.717) is 16.6 Å². The minimum atomic E-state index is -0.667. The van der Waals surface area contributed by atoms with Gasteiger partial charge in [-0.15, -0.1) is 0 Å². The molecule has 0 fully saturated rings. The third-order valence-electron chi connectivity index (χ3n) is 3.63. The molecule has 0 aliphatic carbocycles. The Bertz CT molecular complexity index is 979. The number of amides is 1. The van der Waals surface area contributed by atoms with Gasteiger partial charge in [-0.3, -0.25) is 9.59 Å². The molecule has 1 aromatic heterocycles. The highest BCUT2D eigenvalue weighted by Gasteiger charge is 2.16. The Balaban J connectivity index is 2.02. The van der Waals surface area contributed by atoms with Gasteiger partial charge in [0.1, 0.15) is 5.82 Å². The van der Waals surface area contributed by atoms with Gasteiger partial charge in [-0.2, -0.15) is 0 Å². The van der Waals surface area contributed by atoms with Crippen LogP contribution in [0.1, 0.15) is 16.1 Å². The Labute approximate surface area is 131 Å². The Morgan fingerprint density at radius 2 is 1.96 bits per heavy atom. The molecule has 0 unspecified atom stereocenters. The predicted molar refractivity (Wildman–Crippen MR) is 86.1 cm³/mol. The lowest BCUT2D eigenvalue weighted by atomic mass is 10.2. The van der Waals surface area contributed by atoms with Crippen molar-refractivity contribution in [3.05, 3.63) is 69.9 Å². The van der Waals surface area contributed by atoms with Gasteiger partial charge in [-0.1, -0.05) is 18.2 Å². The average molecular weight is 311 g/mol. The fourth-order valence-electron chi connectivity index (χ4n) is 2.29. The molecule has 3 rings (SSSR count). The summed E-state index contributed by atoms with van der Waals surface area (Å²) in [5, 5.41) is 2.50. The average Bonchev–Trinajstić information content (AvgIpc) is 2.54. The second-order valence-corrected chi connectivity index (χ2v) is 5.23. The number of aryl methyl sites for hydroxylation is 2. The van der Waals surface area contributed by atoms with Crippen LogP contribution in [0.3, 0.4) is 0 Å². The molecule has 116 valence electrons. The van der Waals surface area contributed by atoms with Gasteiger partial charge in [0.25, 0.3) is 11.5 Å². The van der Waals surface area contributed by atoms with Crippen molar-refractivity contribution in [2.45, 2.75) is 6.92 Å². The number of anilines is 1. The normalized spacial score (nSPS) is 10.7. The first-order valence-electron chi connectivity index (χ1n) is 7.00. The van der Waals surface area contributed by atoms with E-state index < -0.39 is 17.3 Å². The number of halogens is 1. The van der Waals surface area contributed by atoms with Crippen molar-refractivity contribution in [2.75, 3.05) is 5.32 Å². The Kier molecular flexibility index (Phi) is 3.65. The zero-order valence-electron chi connectivity index (χ0n) is 12.6. The van der Waals surface area contributed by atoms with Gasteiger partial charge in [0.15, 0.2) is 5.69 Å². The summed E-state index contributed by atoms with van der Waals surface area (Å²) in [6, 6.07) is 11.4. The van der Waals surface area contributed by atoms with Crippen molar-refractivity contribution in [3.8, 4) is 0 Å². The number of hydrogen-bond donors (Lipinski definition) is 1. The molecule has 1 amide bonds. The number of benzene rings is 2. The summed E-state index contributed by atoms with van der Waals surface area (Å²) >= 11 is 0. The van der Waals surface area contributed by atoms with Crippen LogP contribution in [0.2, 0.25) is 0 Å². The second-order valence-electron chi connectivity index (χ2n) is 5.23. The highest BCUT2D eigenvalue weighted by molar-refractivity contribution is 6.03. The molecule has 0 aliphatic heterocycles. The van der Waals surface area contributed by atoms with Gasteiger partial charge in [0.2, 0.25) is 0 Å². The van der Waals surface area contributed by atoms with Crippen LogP contribution >= 0.6 is 0 Å². The van der Waals surface area contributed by atoms with E-state index in [4.69, 9.17) is 0 Å². The molecule has 0 spiro atoms. The SMILES string of the molecule is Cc1ccc(NC(=O)c2nc3ccccc3n(C)c2=O)cc1F. The predicted octanol–water partition coefficient (Wildman–Crippen LogP) is 2.63. The largest absolute Gasteiger partial charge is 0.320 e. The number of carbonyl (C=O) groups is 1. The minimum absolute atomic E-state index is 0.229. The zero-order chi connectivity index (χ0) is 16.6. The van der Waals surface area contributed by atoms with Crippen molar-refractivity contribution in [1.82, 2.24) is 9.55 Å². The molecule has 5 nitrogen and oxygen atoms in total. The molecule has 3 aromatic rings. The van der Waals surface area contributed by atoms with Gasteiger partial charge in [-0.25, -0.2) is 9.37 Å². The quantitative estimate of drug-likeness (QED) is 0.791. The topological polar surface area (TPSA) is 64.0 Å². The van der Waals surface area contributed by atoms with Crippen LogP contribution in [0.25, 0.3) is 11.0 Å². The van der Waals surface area contributed by atoms with Crippen LogP contribution in [-0.4, -0.2) is 15.5 Å². The second kappa shape index (κ2) is 5.64. The number of fused-ring (bicyclic) bond motifs is 1. The van der Waals surface area contributed by atoms with Crippen molar-refractivity contribution in [3.63, 3.8) is 0 Å². The van der Waals surface area contributed by atoms with Gasteiger partial charge in [0.05, 0.1) is 11.0 Å². The summed E-state index contributed by atoms with van der Waals surface area (Å²) < 4.78 is 14.9. The zero-order valence-corrected chi connectivity index (χ0v) is 12.6. The lowest BCUT2D eigenvalue weighted by molar-refractivity contribution is 0.102. The number of nitrogens with zero attached hydrogens (tertiary/aromatic N) is 2. The maximum atomic E-state index is 13.6. The summed E-state index contributed by atoms with van der Waals surface area (Å²) in [4.78, 5) is 28.8. The summed E-state index contributed by atoms with van der Waals surface area (Å²) in [5.41, 5.74) is 1.18. The maximum absolute atomic E-state index is 13.6. The maximum Gasteiger partial charge on any atom is 0.282 e. The van der Waals surface area contributed by atoms with Gasteiger partial charge >= 0.3 is 0 Å². The van der Waals surface area contributed by atoms with Crippen LogP contribution in [0.15, 0.2) is 47.3 Å². The Hall–Kier alpha value is -3.02. The van der Waals surface area contributed by atoms with Crippen molar-refractivity contribution in [1.29, 1.82) is 0 Å². The number of nitrogens with one attached hydrogen (secondary N) is 1. The van der Waals surface area contributed by atoms with Crippen molar-refractivity contribution >= 4 is 22.6 Å². The molecular formula is C17H14FN3O2. The monoisotopic (exact) mass is 311 g/mol. The molecule has 0 bridgehead atoms. The lowest BCUT2D eigenvalue weighted by Crippen LogP contribution is -2.29. The molecule has 1 N–H and O–H groups in total. The number of rotatable bonds is 2. The van der Waals surface area contributed by atoms with Gasteiger partial charge < -0.3 is 9.88 Å². The first kappa shape index (κ1) is 14.9. The first-order valence-corrected chi connectivity index (χ1v) is 7.00. The number of para-hydroxylation sites is 2. The molecular weight excluding hydrogens is 297 g/mol. The van der Waals surface area contributed by atoms with Crippen molar-refractivity contribution in [2.24, 2.45) is 7.05 Å². The minimum Gasteiger partial charge on any atom is -0.320 e. The molecule has 2 aromatic carbocycles. The molecule has 1 heterocycles. The number of aromatic nitrogens is 2. The highest BCUT2D eigenvalue weighted by Crippen LogP contribution is 2.14. The Morgan fingerprint density at radius 3 is 2.70 bits per heavy atom. The third-order valence-corrected chi connectivity index (χ3v) is 3.63.